The van der Waals surface area contributed by atoms with E-state index in [0.717, 1.165) is 28.3 Å². The number of ether oxygens (including phenoxy) is 2. The molecule has 1 aromatic rings. The van der Waals surface area contributed by atoms with Gasteiger partial charge in [-0.05, 0) is 24.6 Å². The van der Waals surface area contributed by atoms with Gasteiger partial charge < -0.3 is 14.0 Å². The Labute approximate surface area is 195 Å². The molecule has 0 radical (unpaired) electrons. The lowest BCUT2D eigenvalue weighted by molar-refractivity contribution is 0.356. The molecule has 0 saturated carbocycles. The first-order chi connectivity index (χ1) is 16.0. The number of pyridine rings is 1. The van der Waals surface area contributed by atoms with Crippen molar-refractivity contribution in [1.82, 2.24) is 14.1 Å². The summed E-state index contributed by atoms with van der Waals surface area (Å²) in [5.41, 5.74) is 0.341. The fourth-order valence-electron chi connectivity index (χ4n) is 4.48. The molecular formula is C26H37N3O4. The number of aromatic nitrogens is 3. The van der Waals surface area contributed by atoms with Crippen molar-refractivity contribution in [3.05, 3.63) is 39.0 Å². The second-order valence-corrected chi connectivity index (χ2v) is 8.71. The maximum absolute atomic E-state index is 12.8. The molecule has 180 valence electrons. The highest BCUT2D eigenvalue weighted by atomic mass is 16.5. The van der Waals surface area contributed by atoms with Crippen molar-refractivity contribution < 1.29 is 9.47 Å². The van der Waals surface area contributed by atoms with E-state index in [1.807, 2.05) is 16.7 Å². The number of unbranched alkanes of at least 4 members (excludes halogenated alkanes) is 9. The molecule has 2 aliphatic heterocycles. The van der Waals surface area contributed by atoms with Crippen LogP contribution in [-0.2, 0) is 13.6 Å². The van der Waals surface area contributed by atoms with Gasteiger partial charge in [-0.2, -0.15) is 4.98 Å². The number of methoxy groups -OCH3 is 2. The van der Waals surface area contributed by atoms with Crippen LogP contribution in [0, 0.1) is 0 Å². The van der Waals surface area contributed by atoms with Gasteiger partial charge in [-0.3, -0.25) is 9.36 Å². The van der Waals surface area contributed by atoms with E-state index in [1.54, 1.807) is 20.3 Å². The Bertz CT molecular complexity index is 1150. The van der Waals surface area contributed by atoms with Gasteiger partial charge in [0.2, 0.25) is 0 Å². The molecule has 0 unspecified atom stereocenters. The van der Waals surface area contributed by atoms with Crippen LogP contribution < -0.4 is 20.7 Å². The zero-order valence-corrected chi connectivity index (χ0v) is 20.5. The summed E-state index contributed by atoms with van der Waals surface area (Å²) in [4.78, 5) is 29.4. The van der Waals surface area contributed by atoms with Crippen molar-refractivity contribution in [2.45, 2.75) is 77.7 Å². The van der Waals surface area contributed by atoms with E-state index < -0.39 is 5.69 Å². The topological polar surface area (TPSA) is 75.4 Å². The lowest BCUT2D eigenvalue weighted by atomic mass is 10.1. The number of benzene rings is 1. The number of hydrogen-bond donors (Lipinski definition) is 0. The van der Waals surface area contributed by atoms with E-state index in [2.05, 4.69) is 11.9 Å². The molecule has 0 spiro atoms. The normalized spacial score (nSPS) is 11.4. The fourth-order valence-corrected chi connectivity index (χ4v) is 4.48. The lowest BCUT2D eigenvalue weighted by Crippen LogP contribution is -2.36. The first-order valence-corrected chi connectivity index (χ1v) is 12.2. The maximum atomic E-state index is 12.8. The average Bonchev–Trinajstić information content (AvgIpc) is 2.83. The average molecular weight is 456 g/mol. The summed E-state index contributed by atoms with van der Waals surface area (Å²) in [7, 11) is 4.66. The van der Waals surface area contributed by atoms with Gasteiger partial charge in [0.25, 0.3) is 5.56 Å². The van der Waals surface area contributed by atoms with Crippen LogP contribution >= 0.6 is 0 Å². The number of hydrogen-bond acceptors (Lipinski definition) is 5. The summed E-state index contributed by atoms with van der Waals surface area (Å²) in [6.07, 6.45) is 12.4. The third-order valence-corrected chi connectivity index (χ3v) is 6.38. The Morgan fingerprint density at radius 2 is 1.52 bits per heavy atom. The summed E-state index contributed by atoms with van der Waals surface area (Å²) in [5.74, 6) is 1.59. The molecular weight excluding hydrogens is 418 g/mol. The maximum Gasteiger partial charge on any atom is 0.352 e. The molecule has 0 saturated heterocycles. The van der Waals surface area contributed by atoms with Crippen LogP contribution in [0.25, 0.3) is 22.3 Å². The predicted molar refractivity (Wildman–Crippen MR) is 133 cm³/mol. The van der Waals surface area contributed by atoms with Gasteiger partial charge in [-0.1, -0.05) is 64.7 Å². The number of fused-ring (bicyclic) bond motifs is 2. The molecule has 2 aliphatic rings. The molecule has 0 bridgehead atoms. The quantitative estimate of drug-likeness (QED) is 0.264. The van der Waals surface area contributed by atoms with Gasteiger partial charge in [-0.15, -0.1) is 0 Å². The Kier molecular flexibility index (Phi) is 8.92. The molecule has 0 N–H and O–H groups in total. The third kappa shape index (κ3) is 5.57. The molecule has 2 heterocycles. The standard InChI is InChI=1S/C26H37N3O4/c1-5-6-7-8-9-10-11-12-13-14-17-29-22-19(15-16-21(32-3)23(22)33-4)18-20-24(29)27-26(31)28(2)25(20)30/h15-16,18H,5-14,17H2,1-4H3. The zero-order valence-electron chi connectivity index (χ0n) is 20.5. The monoisotopic (exact) mass is 455 g/mol. The van der Waals surface area contributed by atoms with Crippen molar-refractivity contribution >= 4 is 10.9 Å². The van der Waals surface area contributed by atoms with Gasteiger partial charge in [0.15, 0.2) is 17.3 Å². The first kappa shape index (κ1) is 24.8. The highest BCUT2D eigenvalue weighted by Gasteiger charge is 2.22. The Morgan fingerprint density at radius 1 is 0.879 bits per heavy atom. The highest BCUT2D eigenvalue weighted by Crippen LogP contribution is 2.38. The summed E-state index contributed by atoms with van der Waals surface area (Å²) >= 11 is 0. The molecule has 0 amide bonds. The molecule has 1 aromatic carbocycles. The van der Waals surface area contributed by atoms with Crippen LogP contribution in [0.15, 0.2) is 27.8 Å². The van der Waals surface area contributed by atoms with Gasteiger partial charge in [0, 0.05) is 19.0 Å². The van der Waals surface area contributed by atoms with E-state index in [9.17, 15) is 9.59 Å². The Morgan fingerprint density at radius 3 is 2.12 bits per heavy atom. The van der Waals surface area contributed by atoms with Gasteiger partial charge >= 0.3 is 5.69 Å². The molecule has 0 aromatic heterocycles. The van der Waals surface area contributed by atoms with E-state index in [4.69, 9.17) is 9.47 Å². The lowest BCUT2D eigenvalue weighted by Gasteiger charge is -2.21. The van der Waals surface area contributed by atoms with Crippen LogP contribution in [-0.4, -0.2) is 28.3 Å². The minimum Gasteiger partial charge on any atom is -0.493 e. The van der Waals surface area contributed by atoms with E-state index in [0.29, 0.717) is 29.4 Å². The van der Waals surface area contributed by atoms with Crippen molar-refractivity contribution in [3.63, 3.8) is 0 Å². The molecule has 0 fully saturated rings. The van der Waals surface area contributed by atoms with Crippen LogP contribution in [0.3, 0.4) is 0 Å². The molecule has 3 rings (SSSR count). The summed E-state index contributed by atoms with van der Waals surface area (Å²) in [6.45, 7) is 2.89. The molecule has 0 atom stereocenters. The Balaban J connectivity index is 1.85. The summed E-state index contributed by atoms with van der Waals surface area (Å²) in [6, 6.07) is 5.53. The molecule has 7 nitrogen and oxygen atoms in total. The van der Waals surface area contributed by atoms with Crippen LogP contribution in [0.2, 0.25) is 0 Å². The fraction of sp³-hybridized carbons (Fsp3) is 0.577. The first-order valence-electron chi connectivity index (χ1n) is 12.2. The number of aryl methyl sites for hydroxylation is 1. The van der Waals surface area contributed by atoms with Crippen molar-refractivity contribution in [3.8, 4) is 22.9 Å². The van der Waals surface area contributed by atoms with Crippen molar-refractivity contribution in [2.24, 2.45) is 7.05 Å². The predicted octanol–water partition coefficient (Wildman–Crippen LogP) is 5.14. The Hall–Kier alpha value is -2.83. The van der Waals surface area contributed by atoms with E-state index in [-0.39, 0.29) is 5.56 Å². The SMILES string of the molecule is CCCCCCCCCCCCn1c2nc(=O)n(C)c(=O)c-2cc2ccc(OC)c(OC)c21. The molecule has 33 heavy (non-hydrogen) atoms. The van der Waals surface area contributed by atoms with E-state index >= 15 is 0 Å². The number of nitrogens with zero attached hydrogens (tertiary/aromatic N) is 3. The van der Waals surface area contributed by atoms with E-state index in [1.165, 1.54) is 58.4 Å². The van der Waals surface area contributed by atoms with Crippen LogP contribution in [0.5, 0.6) is 11.5 Å². The van der Waals surface area contributed by atoms with Crippen LogP contribution in [0.1, 0.15) is 71.1 Å². The largest absolute Gasteiger partial charge is 0.493 e. The van der Waals surface area contributed by atoms with Crippen molar-refractivity contribution in [2.75, 3.05) is 14.2 Å². The minimum atomic E-state index is -0.550. The number of rotatable bonds is 13. The van der Waals surface area contributed by atoms with Gasteiger partial charge in [0.1, 0.15) is 0 Å². The third-order valence-electron chi connectivity index (χ3n) is 6.38. The van der Waals surface area contributed by atoms with Crippen molar-refractivity contribution in [1.29, 1.82) is 0 Å². The van der Waals surface area contributed by atoms with Gasteiger partial charge in [-0.25, -0.2) is 4.79 Å². The van der Waals surface area contributed by atoms with Crippen LogP contribution in [0.4, 0.5) is 0 Å². The van der Waals surface area contributed by atoms with Gasteiger partial charge in [0.05, 0.1) is 25.3 Å². The molecule has 7 heteroatoms. The summed E-state index contributed by atoms with van der Waals surface area (Å²) in [5, 5.41) is 0.852. The second-order valence-electron chi connectivity index (χ2n) is 8.71. The smallest absolute Gasteiger partial charge is 0.352 e. The summed E-state index contributed by atoms with van der Waals surface area (Å²) < 4.78 is 14.2. The zero-order chi connectivity index (χ0) is 23.8. The molecule has 0 aliphatic carbocycles. The second kappa shape index (κ2) is 11.9. The minimum absolute atomic E-state index is 0.335. The highest BCUT2D eigenvalue weighted by molar-refractivity contribution is 5.92.